The van der Waals surface area contributed by atoms with Gasteiger partial charge in [-0.05, 0) is 60.7 Å². The van der Waals surface area contributed by atoms with Crippen LogP contribution in [0.4, 0.5) is 10.1 Å². The minimum atomic E-state index is -1.06. The monoisotopic (exact) mass is 387 g/mol. The lowest BCUT2D eigenvalue weighted by Crippen LogP contribution is -2.13. The number of halogens is 1. The first-order valence-electron chi connectivity index (χ1n) is 8.67. The highest BCUT2D eigenvalue weighted by Crippen LogP contribution is 2.26. The minimum Gasteiger partial charge on any atom is -0.478 e. The van der Waals surface area contributed by atoms with E-state index < -0.39 is 17.7 Å². The molecular weight excluding hydrogens is 373 g/mol. The number of amides is 1. The molecule has 29 heavy (non-hydrogen) atoms. The van der Waals surface area contributed by atoms with Gasteiger partial charge >= 0.3 is 5.97 Å². The Kier molecular flexibility index (Phi) is 4.70. The zero-order valence-electron chi connectivity index (χ0n) is 15.0. The number of rotatable bonds is 4. The van der Waals surface area contributed by atoms with E-state index in [1.165, 1.54) is 42.5 Å². The van der Waals surface area contributed by atoms with Crippen molar-refractivity contribution in [1.29, 1.82) is 0 Å². The van der Waals surface area contributed by atoms with Gasteiger partial charge in [0.25, 0.3) is 5.91 Å². The maximum atomic E-state index is 13.8. The van der Waals surface area contributed by atoms with Gasteiger partial charge in [-0.25, -0.2) is 14.2 Å². The molecule has 0 fully saturated rings. The van der Waals surface area contributed by atoms with Gasteiger partial charge in [-0.2, -0.15) is 0 Å². The first-order chi connectivity index (χ1) is 14.0. The van der Waals surface area contributed by atoms with E-state index in [-0.39, 0.29) is 11.1 Å². The van der Waals surface area contributed by atoms with Crippen molar-refractivity contribution in [3.8, 4) is 11.3 Å². The van der Waals surface area contributed by atoms with Gasteiger partial charge < -0.3 is 10.4 Å². The summed E-state index contributed by atoms with van der Waals surface area (Å²) in [5, 5.41) is 12.1. The number of aromatic nitrogens is 2. The molecule has 6 nitrogen and oxygen atoms in total. The molecule has 0 bridgehead atoms. The number of carbonyl (C=O) groups excluding carboxylic acids is 1. The number of carboxylic acids is 1. The maximum Gasteiger partial charge on any atom is 0.335 e. The fraction of sp³-hybridized carbons (Fsp3) is 0. The Bertz CT molecular complexity index is 1230. The summed E-state index contributed by atoms with van der Waals surface area (Å²) in [6, 6.07) is 15.0. The molecule has 0 unspecified atom stereocenters. The molecule has 0 aliphatic rings. The van der Waals surface area contributed by atoms with E-state index in [2.05, 4.69) is 15.3 Å². The number of hydrogen-bond acceptors (Lipinski definition) is 4. The van der Waals surface area contributed by atoms with Crippen LogP contribution in [0.5, 0.6) is 0 Å². The van der Waals surface area contributed by atoms with E-state index in [1.807, 2.05) is 6.07 Å². The quantitative estimate of drug-likeness (QED) is 0.542. The second kappa shape index (κ2) is 7.47. The molecule has 0 aliphatic carbocycles. The first kappa shape index (κ1) is 18.2. The molecule has 4 aromatic rings. The molecule has 7 heteroatoms. The van der Waals surface area contributed by atoms with E-state index >= 15 is 0 Å². The lowest BCUT2D eigenvalue weighted by Gasteiger charge is -2.11. The Labute approximate surface area is 164 Å². The van der Waals surface area contributed by atoms with Gasteiger partial charge in [-0.15, -0.1) is 0 Å². The summed E-state index contributed by atoms with van der Waals surface area (Å²) >= 11 is 0. The SMILES string of the molecule is O=C(O)c1ccc(NC(=O)c2cc(-c3cccnc3)nc3ccc(F)cc23)cc1. The second-order valence-electron chi connectivity index (χ2n) is 6.29. The number of fused-ring (bicyclic) bond motifs is 1. The number of benzene rings is 2. The topological polar surface area (TPSA) is 92.2 Å². The average molecular weight is 387 g/mol. The van der Waals surface area contributed by atoms with Crippen LogP contribution in [0.2, 0.25) is 0 Å². The van der Waals surface area contributed by atoms with Gasteiger partial charge in [-0.1, -0.05) is 0 Å². The summed E-state index contributed by atoms with van der Waals surface area (Å²) in [6.07, 6.45) is 3.26. The van der Waals surface area contributed by atoms with Crippen LogP contribution in [0, 0.1) is 5.82 Å². The highest BCUT2D eigenvalue weighted by Gasteiger charge is 2.15. The normalized spacial score (nSPS) is 10.7. The smallest absolute Gasteiger partial charge is 0.335 e. The van der Waals surface area contributed by atoms with Crippen molar-refractivity contribution >= 4 is 28.5 Å². The number of carboxylic acid groups (broad SMARTS) is 1. The Morgan fingerprint density at radius 3 is 2.48 bits per heavy atom. The molecule has 4 rings (SSSR count). The van der Waals surface area contributed by atoms with Crippen LogP contribution in [0.15, 0.2) is 73.1 Å². The highest BCUT2D eigenvalue weighted by atomic mass is 19.1. The molecule has 2 heterocycles. The summed E-state index contributed by atoms with van der Waals surface area (Å²) in [7, 11) is 0. The van der Waals surface area contributed by atoms with Gasteiger partial charge in [0, 0.05) is 29.0 Å². The van der Waals surface area contributed by atoms with Crippen LogP contribution >= 0.6 is 0 Å². The van der Waals surface area contributed by atoms with E-state index in [0.29, 0.717) is 22.3 Å². The Morgan fingerprint density at radius 2 is 1.79 bits per heavy atom. The number of nitrogens with zero attached hydrogens (tertiary/aromatic N) is 2. The van der Waals surface area contributed by atoms with Crippen molar-refractivity contribution < 1.29 is 19.1 Å². The van der Waals surface area contributed by atoms with Crippen LogP contribution in [-0.4, -0.2) is 27.0 Å². The third-order valence-corrected chi connectivity index (χ3v) is 4.36. The van der Waals surface area contributed by atoms with E-state index in [9.17, 15) is 14.0 Å². The summed E-state index contributed by atoms with van der Waals surface area (Å²) in [4.78, 5) is 32.5. The molecule has 0 aliphatic heterocycles. The summed E-state index contributed by atoms with van der Waals surface area (Å²) < 4.78 is 13.8. The molecule has 2 N–H and O–H groups in total. The van der Waals surface area contributed by atoms with Gasteiger partial charge in [-0.3, -0.25) is 9.78 Å². The van der Waals surface area contributed by atoms with Gasteiger partial charge in [0.2, 0.25) is 0 Å². The second-order valence-corrected chi connectivity index (χ2v) is 6.29. The zero-order valence-corrected chi connectivity index (χ0v) is 15.0. The number of anilines is 1. The van der Waals surface area contributed by atoms with Crippen LogP contribution in [0.3, 0.4) is 0 Å². The number of carbonyl (C=O) groups is 2. The Balaban J connectivity index is 1.77. The first-order valence-corrected chi connectivity index (χ1v) is 8.67. The molecule has 1 amide bonds. The maximum absolute atomic E-state index is 13.8. The molecule has 0 saturated heterocycles. The molecule has 0 spiro atoms. The fourth-order valence-corrected chi connectivity index (χ4v) is 2.94. The predicted octanol–water partition coefficient (Wildman–Crippen LogP) is 4.39. The number of nitrogens with one attached hydrogen (secondary N) is 1. The number of pyridine rings is 2. The standard InChI is InChI=1S/C22H14FN3O3/c23-15-5-8-19-17(10-15)18(11-20(26-19)14-2-1-9-24-12-14)21(27)25-16-6-3-13(4-7-16)22(28)29/h1-12H,(H,25,27)(H,28,29). The molecule has 0 atom stereocenters. The minimum absolute atomic E-state index is 0.110. The van der Waals surface area contributed by atoms with Crippen LogP contribution < -0.4 is 5.32 Å². The van der Waals surface area contributed by atoms with Crippen molar-refractivity contribution in [3.63, 3.8) is 0 Å². The summed E-state index contributed by atoms with van der Waals surface area (Å²) in [5.74, 6) is -2.00. The van der Waals surface area contributed by atoms with Crippen molar-refractivity contribution in [2.75, 3.05) is 5.32 Å². The number of aromatic carboxylic acids is 1. The fourth-order valence-electron chi connectivity index (χ4n) is 2.94. The lowest BCUT2D eigenvalue weighted by molar-refractivity contribution is 0.0696. The van der Waals surface area contributed by atoms with E-state index in [0.717, 1.165) is 5.56 Å². The average Bonchev–Trinajstić information content (AvgIpc) is 2.74. The molecule has 2 aromatic carbocycles. The summed E-state index contributed by atoms with van der Waals surface area (Å²) in [5.41, 5.74) is 2.50. The molecular formula is C22H14FN3O3. The van der Waals surface area contributed by atoms with Gasteiger partial charge in [0.15, 0.2) is 0 Å². The predicted molar refractivity (Wildman–Crippen MR) is 106 cm³/mol. The van der Waals surface area contributed by atoms with Crippen LogP contribution in [0.25, 0.3) is 22.2 Å². The highest BCUT2D eigenvalue weighted by molar-refractivity contribution is 6.13. The van der Waals surface area contributed by atoms with Crippen molar-refractivity contribution in [2.24, 2.45) is 0 Å². The zero-order chi connectivity index (χ0) is 20.4. The lowest BCUT2D eigenvalue weighted by atomic mass is 10.0. The largest absolute Gasteiger partial charge is 0.478 e. The van der Waals surface area contributed by atoms with Crippen LogP contribution in [0.1, 0.15) is 20.7 Å². The van der Waals surface area contributed by atoms with Gasteiger partial charge in [0.1, 0.15) is 5.82 Å². The van der Waals surface area contributed by atoms with Crippen molar-refractivity contribution in [3.05, 3.63) is 90.0 Å². The number of hydrogen-bond donors (Lipinski definition) is 2. The van der Waals surface area contributed by atoms with E-state index in [4.69, 9.17) is 5.11 Å². The summed E-state index contributed by atoms with van der Waals surface area (Å²) in [6.45, 7) is 0. The van der Waals surface area contributed by atoms with Crippen molar-refractivity contribution in [2.45, 2.75) is 0 Å². The van der Waals surface area contributed by atoms with Crippen molar-refractivity contribution in [1.82, 2.24) is 9.97 Å². The van der Waals surface area contributed by atoms with E-state index in [1.54, 1.807) is 24.5 Å². The van der Waals surface area contributed by atoms with Gasteiger partial charge in [0.05, 0.1) is 22.3 Å². The molecule has 0 saturated carbocycles. The Hall–Kier alpha value is -4.13. The molecule has 142 valence electrons. The Morgan fingerprint density at radius 1 is 1.00 bits per heavy atom. The van der Waals surface area contributed by atoms with Crippen LogP contribution in [-0.2, 0) is 0 Å². The molecule has 2 aromatic heterocycles. The molecule has 0 radical (unpaired) electrons. The third kappa shape index (κ3) is 3.79. The third-order valence-electron chi connectivity index (χ3n) is 4.36.